The van der Waals surface area contributed by atoms with Crippen molar-refractivity contribution in [2.45, 2.75) is 18.9 Å². The van der Waals surface area contributed by atoms with Crippen LogP contribution in [0.15, 0.2) is 24.3 Å². The summed E-state index contributed by atoms with van der Waals surface area (Å²) >= 11 is 5.77. The van der Waals surface area contributed by atoms with E-state index in [1.165, 1.54) is 0 Å². The van der Waals surface area contributed by atoms with Crippen LogP contribution in [0.3, 0.4) is 0 Å². The Labute approximate surface area is 106 Å². The van der Waals surface area contributed by atoms with Crippen molar-refractivity contribution in [1.82, 2.24) is 4.90 Å². The molecule has 0 bridgehead atoms. The van der Waals surface area contributed by atoms with Crippen LogP contribution in [-0.4, -0.2) is 41.5 Å². The van der Waals surface area contributed by atoms with E-state index < -0.39 is 0 Å². The molecule has 0 amide bonds. The maximum Gasteiger partial charge on any atom is 0.164 e. The number of ketones is 1. The van der Waals surface area contributed by atoms with Gasteiger partial charge >= 0.3 is 0 Å². The van der Waals surface area contributed by atoms with Gasteiger partial charge < -0.3 is 10.0 Å². The maximum atomic E-state index is 11.9. The van der Waals surface area contributed by atoms with Crippen LogP contribution < -0.4 is 0 Å². The third-order valence-electron chi connectivity index (χ3n) is 3.07. The fourth-order valence-corrected chi connectivity index (χ4v) is 2.18. The molecule has 1 N–H and O–H groups in total. The zero-order chi connectivity index (χ0) is 12.3. The van der Waals surface area contributed by atoms with Crippen LogP contribution in [-0.2, 0) is 0 Å². The minimum atomic E-state index is -0.222. The summed E-state index contributed by atoms with van der Waals surface area (Å²) < 4.78 is 0. The minimum absolute atomic E-state index is 0.128. The zero-order valence-corrected chi connectivity index (χ0v) is 10.4. The molecule has 1 aliphatic rings. The van der Waals surface area contributed by atoms with Crippen molar-refractivity contribution in [3.05, 3.63) is 34.9 Å². The van der Waals surface area contributed by atoms with Crippen molar-refractivity contribution in [3.8, 4) is 0 Å². The Kier molecular flexibility index (Phi) is 4.15. The molecule has 1 saturated heterocycles. The number of benzene rings is 1. The molecule has 1 unspecified atom stereocenters. The van der Waals surface area contributed by atoms with Crippen LogP contribution in [0.2, 0.25) is 5.02 Å². The molecule has 0 spiro atoms. The van der Waals surface area contributed by atoms with Gasteiger partial charge in [0.1, 0.15) is 0 Å². The first-order valence-electron chi connectivity index (χ1n) is 5.84. The minimum Gasteiger partial charge on any atom is -0.392 e. The second-order valence-electron chi connectivity index (χ2n) is 4.42. The van der Waals surface area contributed by atoms with Crippen molar-refractivity contribution in [2.24, 2.45) is 0 Å². The van der Waals surface area contributed by atoms with Gasteiger partial charge in [-0.1, -0.05) is 11.6 Å². The number of aliphatic hydroxyl groups is 1. The monoisotopic (exact) mass is 253 g/mol. The molecule has 0 saturated carbocycles. The number of carbonyl (C=O) groups excluding carboxylic acids is 1. The van der Waals surface area contributed by atoms with Crippen molar-refractivity contribution in [3.63, 3.8) is 0 Å². The molecule has 92 valence electrons. The van der Waals surface area contributed by atoms with E-state index in [1.54, 1.807) is 24.3 Å². The van der Waals surface area contributed by atoms with Crippen LogP contribution in [0.25, 0.3) is 0 Å². The van der Waals surface area contributed by atoms with Gasteiger partial charge in [0.25, 0.3) is 0 Å². The lowest BCUT2D eigenvalue weighted by atomic mass is 10.1. The van der Waals surface area contributed by atoms with Gasteiger partial charge in [-0.05, 0) is 30.7 Å². The Bertz CT molecular complexity index is 391. The molecule has 1 aromatic rings. The summed E-state index contributed by atoms with van der Waals surface area (Å²) in [7, 11) is 0. The number of rotatable bonds is 4. The fourth-order valence-electron chi connectivity index (χ4n) is 2.06. The van der Waals surface area contributed by atoms with Gasteiger partial charge in [-0.25, -0.2) is 0 Å². The highest BCUT2D eigenvalue weighted by Crippen LogP contribution is 2.13. The lowest BCUT2D eigenvalue weighted by Gasteiger charge is -2.13. The zero-order valence-electron chi connectivity index (χ0n) is 9.60. The molecule has 4 heteroatoms. The third-order valence-corrected chi connectivity index (χ3v) is 3.32. The van der Waals surface area contributed by atoms with Gasteiger partial charge in [0.15, 0.2) is 5.78 Å². The molecule has 0 aliphatic carbocycles. The van der Waals surface area contributed by atoms with E-state index in [2.05, 4.69) is 4.90 Å². The van der Waals surface area contributed by atoms with E-state index in [4.69, 9.17) is 11.6 Å². The quantitative estimate of drug-likeness (QED) is 0.835. The van der Waals surface area contributed by atoms with Gasteiger partial charge in [-0.2, -0.15) is 0 Å². The average molecular weight is 254 g/mol. The van der Waals surface area contributed by atoms with E-state index in [1.807, 2.05) is 0 Å². The number of hydrogen-bond acceptors (Lipinski definition) is 3. The molecule has 1 aromatic carbocycles. The molecule has 0 radical (unpaired) electrons. The second-order valence-corrected chi connectivity index (χ2v) is 4.86. The fraction of sp³-hybridized carbons (Fsp3) is 0.462. The first-order valence-corrected chi connectivity index (χ1v) is 6.22. The summed E-state index contributed by atoms with van der Waals surface area (Å²) in [5.74, 6) is 0.128. The Hall–Kier alpha value is -0.900. The predicted octanol–water partition coefficient (Wildman–Crippen LogP) is 1.98. The smallest absolute Gasteiger partial charge is 0.164 e. The molecular weight excluding hydrogens is 238 g/mol. The van der Waals surface area contributed by atoms with E-state index in [9.17, 15) is 9.90 Å². The van der Waals surface area contributed by atoms with Gasteiger partial charge in [0.2, 0.25) is 0 Å². The second kappa shape index (κ2) is 5.63. The van der Waals surface area contributed by atoms with Gasteiger partial charge in [0.05, 0.1) is 6.10 Å². The summed E-state index contributed by atoms with van der Waals surface area (Å²) in [5.41, 5.74) is 0.703. The predicted molar refractivity (Wildman–Crippen MR) is 67.5 cm³/mol. The number of aliphatic hydroxyl groups excluding tert-OH is 1. The van der Waals surface area contributed by atoms with Crippen LogP contribution >= 0.6 is 11.6 Å². The molecule has 3 nitrogen and oxygen atoms in total. The highest BCUT2D eigenvalue weighted by molar-refractivity contribution is 6.30. The highest BCUT2D eigenvalue weighted by atomic mass is 35.5. The van der Waals surface area contributed by atoms with Gasteiger partial charge in [-0.15, -0.1) is 0 Å². The number of likely N-dealkylation sites (tertiary alicyclic amines) is 1. The molecule has 1 heterocycles. The number of halogens is 1. The van der Waals surface area contributed by atoms with Crippen LogP contribution in [0.1, 0.15) is 23.2 Å². The molecule has 2 rings (SSSR count). The SMILES string of the molecule is O=C(CCN1CCC(O)C1)c1ccc(Cl)cc1. The summed E-state index contributed by atoms with van der Waals surface area (Å²) in [6.45, 7) is 2.29. The lowest BCUT2D eigenvalue weighted by Crippen LogP contribution is -2.25. The van der Waals surface area contributed by atoms with Crippen LogP contribution in [0.5, 0.6) is 0 Å². The van der Waals surface area contributed by atoms with Crippen molar-refractivity contribution in [1.29, 1.82) is 0 Å². The molecule has 1 atom stereocenters. The lowest BCUT2D eigenvalue weighted by molar-refractivity contribution is 0.0964. The number of Topliss-reactive ketones (excluding diaryl/α,β-unsaturated/α-hetero) is 1. The van der Waals surface area contributed by atoms with Crippen molar-refractivity contribution < 1.29 is 9.90 Å². The van der Waals surface area contributed by atoms with Crippen LogP contribution in [0, 0.1) is 0 Å². The number of nitrogens with zero attached hydrogens (tertiary/aromatic N) is 1. The van der Waals surface area contributed by atoms with Gasteiger partial charge in [0, 0.05) is 36.6 Å². The third kappa shape index (κ3) is 3.53. The standard InChI is InChI=1S/C13H16ClNO2/c14-11-3-1-10(2-4-11)13(17)6-8-15-7-5-12(16)9-15/h1-4,12,16H,5-9H2. The highest BCUT2D eigenvalue weighted by Gasteiger charge is 2.20. The Morgan fingerprint density at radius 2 is 2.12 bits per heavy atom. The summed E-state index contributed by atoms with van der Waals surface area (Å²) in [6.07, 6.45) is 1.09. The van der Waals surface area contributed by atoms with E-state index in [0.29, 0.717) is 23.6 Å². The summed E-state index contributed by atoms with van der Waals surface area (Å²) in [5, 5.41) is 10.0. The van der Waals surface area contributed by atoms with E-state index in [-0.39, 0.29) is 11.9 Å². The summed E-state index contributed by atoms with van der Waals surface area (Å²) in [4.78, 5) is 14.0. The Balaban J connectivity index is 1.83. The summed E-state index contributed by atoms with van der Waals surface area (Å²) in [6, 6.07) is 6.97. The van der Waals surface area contributed by atoms with Crippen molar-refractivity contribution in [2.75, 3.05) is 19.6 Å². The molecule has 1 fully saturated rings. The van der Waals surface area contributed by atoms with Crippen LogP contribution in [0.4, 0.5) is 0 Å². The Morgan fingerprint density at radius 3 is 2.71 bits per heavy atom. The number of β-amino-alcohol motifs (C(OH)–C–C–N with tert-alkyl or cyclic N) is 1. The number of hydrogen-bond donors (Lipinski definition) is 1. The van der Waals surface area contributed by atoms with Crippen molar-refractivity contribution >= 4 is 17.4 Å². The average Bonchev–Trinajstić information content (AvgIpc) is 2.73. The first-order chi connectivity index (χ1) is 8.15. The topological polar surface area (TPSA) is 40.5 Å². The first kappa shape index (κ1) is 12.6. The maximum absolute atomic E-state index is 11.9. The molecule has 1 aliphatic heterocycles. The van der Waals surface area contributed by atoms with Gasteiger partial charge in [-0.3, -0.25) is 4.79 Å². The molecule has 0 aromatic heterocycles. The normalized spacial score (nSPS) is 20.7. The Morgan fingerprint density at radius 1 is 1.41 bits per heavy atom. The van der Waals surface area contributed by atoms with E-state index >= 15 is 0 Å². The van der Waals surface area contributed by atoms with E-state index in [0.717, 1.165) is 19.5 Å². The number of carbonyl (C=O) groups is 1. The molecule has 17 heavy (non-hydrogen) atoms. The molecular formula is C13H16ClNO2. The largest absolute Gasteiger partial charge is 0.392 e.